The van der Waals surface area contributed by atoms with Crippen molar-refractivity contribution < 1.29 is 9.59 Å². The number of halogens is 2. The lowest BCUT2D eigenvalue weighted by Crippen LogP contribution is -2.52. The van der Waals surface area contributed by atoms with Crippen molar-refractivity contribution in [1.29, 1.82) is 0 Å². The number of amides is 2. The molecule has 1 atom stereocenters. The molecule has 0 radical (unpaired) electrons. The molecule has 3 rings (SSSR count). The largest absolute Gasteiger partial charge is 0.352 e. The van der Waals surface area contributed by atoms with Gasteiger partial charge in [-0.2, -0.15) is 0 Å². The van der Waals surface area contributed by atoms with Gasteiger partial charge >= 0.3 is 0 Å². The Kier molecular flexibility index (Phi) is 8.93. The van der Waals surface area contributed by atoms with Gasteiger partial charge in [-0.05, 0) is 48.7 Å². The highest BCUT2D eigenvalue weighted by Crippen LogP contribution is 2.21. The first-order valence-corrected chi connectivity index (χ1v) is 11.7. The van der Waals surface area contributed by atoms with Gasteiger partial charge in [-0.1, -0.05) is 83.9 Å². The van der Waals surface area contributed by atoms with E-state index in [0.29, 0.717) is 16.5 Å². The van der Waals surface area contributed by atoms with E-state index in [0.717, 1.165) is 16.7 Å². The molecular weight excluding hydrogens is 455 g/mol. The third kappa shape index (κ3) is 7.34. The lowest BCUT2D eigenvalue weighted by Gasteiger charge is -2.32. The lowest BCUT2D eigenvalue weighted by atomic mass is 10.0. The molecule has 0 saturated carbocycles. The lowest BCUT2D eigenvalue weighted by molar-refractivity contribution is -0.141. The Morgan fingerprint density at radius 3 is 2.21 bits per heavy atom. The van der Waals surface area contributed by atoms with Crippen molar-refractivity contribution in [3.8, 4) is 0 Å². The summed E-state index contributed by atoms with van der Waals surface area (Å²) >= 11 is 12.5. The zero-order valence-electron chi connectivity index (χ0n) is 18.8. The van der Waals surface area contributed by atoms with E-state index < -0.39 is 6.04 Å². The van der Waals surface area contributed by atoms with Gasteiger partial charge in [-0.3, -0.25) is 9.59 Å². The van der Waals surface area contributed by atoms with Gasteiger partial charge in [-0.15, -0.1) is 0 Å². The van der Waals surface area contributed by atoms with E-state index in [9.17, 15) is 9.59 Å². The molecule has 3 aromatic carbocycles. The topological polar surface area (TPSA) is 49.4 Å². The van der Waals surface area contributed by atoms with E-state index >= 15 is 0 Å². The number of hydrogen-bond donors (Lipinski definition) is 1. The summed E-state index contributed by atoms with van der Waals surface area (Å²) in [4.78, 5) is 28.6. The standard InChI is InChI=1S/C27H28Cl2N2O2/c1-19(2)30-27(33)25(16-20-9-4-3-5-10-20)31(18-21-11-8-13-23(28)15-21)26(32)17-22-12-6-7-14-24(22)29/h3-15,19,25H,16-18H2,1-2H3,(H,30,33)/t25-/m1/s1. The summed E-state index contributed by atoms with van der Waals surface area (Å²) < 4.78 is 0. The van der Waals surface area contributed by atoms with Crippen LogP contribution in [0.3, 0.4) is 0 Å². The smallest absolute Gasteiger partial charge is 0.243 e. The maximum Gasteiger partial charge on any atom is 0.243 e. The summed E-state index contributed by atoms with van der Waals surface area (Å²) in [6, 6.07) is 23.6. The summed E-state index contributed by atoms with van der Waals surface area (Å²) in [5, 5.41) is 4.09. The van der Waals surface area contributed by atoms with Gasteiger partial charge in [0.2, 0.25) is 11.8 Å². The molecule has 0 aliphatic rings. The van der Waals surface area contributed by atoms with Gasteiger partial charge in [0.1, 0.15) is 6.04 Å². The molecule has 0 unspecified atom stereocenters. The molecule has 1 N–H and O–H groups in total. The summed E-state index contributed by atoms with van der Waals surface area (Å²) in [6.07, 6.45) is 0.495. The molecule has 0 bridgehead atoms. The third-order valence-corrected chi connectivity index (χ3v) is 5.85. The third-order valence-electron chi connectivity index (χ3n) is 5.24. The highest BCUT2D eigenvalue weighted by molar-refractivity contribution is 6.31. The molecule has 172 valence electrons. The Morgan fingerprint density at radius 2 is 1.55 bits per heavy atom. The van der Waals surface area contributed by atoms with Crippen LogP contribution < -0.4 is 5.32 Å². The predicted octanol–water partition coefficient (Wildman–Crippen LogP) is 5.70. The molecule has 0 aromatic heterocycles. The SMILES string of the molecule is CC(C)NC(=O)[C@@H](Cc1ccccc1)N(Cc1cccc(Cl)c1)C(=O)Cc1ccccc1Cl. The van der Waals surface area contributed by atoms with E-state index in [1.807, 2.05) is 80.6 Å². The Labute approximate surface area is 205 Å². The Morgan fingerprint density at radius 1 is 0.879 bits per heavy atom. The predicted molar refractivity (Wildman–Crippen MR) is 134 cm³/mol. The Hall–Kier alpha value is -2.82. The molecule has 0 heterocycles. The van der Waals surface area contributed by atoms with Crippen molar-refractivity contribution in [1.82, 2.24) is 10.2 Å². The van der Waals surface area contributed by atoms with Crippen LogP contribution in [0, 0.1) is 0 Å². The molecule has 6 heteroatoms. The molecule has 0 aliphatic heterocycles. The van der Waals surface area contributed by atoms with Crippen LogP contribution in [-0.2, 0) is 29.0 Å². The fraction of sp³-hybridized carbons (Fsp3) is 0.259. The monoisotopic (exact) mass is 482 g/mol. The summed E-state index contributed by atoms with van der Waals surface area (Å²) in [6.45, 7) is 4.07. The first-order chi connectivity index (χ1) is 15.8. The summed E-state index contributed by atoms with van der Waals surface area (Å²) in [7, 11) is 0. The maximum absolute atomic E-state index is 13.6. The van der Waals surface area contributed by atoms with Crippen molar-refractivity contribution >= 4 is 35.0 Å². The highest BCUT2D eigenvalue weighted by atomic mass is 35.5. The number of nitrogens with one attached hydrogen (secondary N) is 1. The molecule has 3 aromatic rings. The normalized spacial score (nSPS) is 11.8. The number of nitrogens with zero attached hydrogens (tertiary/aromatic N) is 1. The van der Waals surface area contributed by atoms with Crippen LogP contribution in [0.15, 0.2) is 78.9 Å². The van der Waals surface area contributed by atoms with Gasteiger partial charge in [-0.25, -0.2) is 0 Å². The van der Waals surface area contributed by atoms with Crippen molar-refractivity contribution in [2.75, 3.05) is 0 Å². The van der Waals surface area contributed by atoms with Gasteiger partial charge in [0, 0.05) is 29.1 Å². The van der Waals surface area contributed by atoms with E-state index in [1.54, 1.807) is 17.0 Å². The molecular formula is C27H28Cl2N2O2. The van der Waals surface area contributed by atoms with Gasteiger partial charge < -0.3 is 10.2 Å². The van der Waals surface area contributed by atoms with Gasteiger partial charge in [0.15, 0.2) is 0 Å². The number of carbonyl (C=O) groups excluding carboxylic acids is 2. The molecule has 0 aliphatic carbocycles. The molecule has 0 saturated heterocycles. The average molecular weight is 483 g/mol. The summed E-state index contributed by atoms with van der Waals surface area (Å²) in [5.74, 6) is -0.369. The number of benzene rings is 3. The molecule has 0 fully saturated rings. The molecule has 0 spiro atoms. The van der Waals surface area contributed by atoms with Crippen molar-refractivity contribution in [2.24, 2.45) is 0 Å². The number of hydrogen-bond acceptors (Lipinski definition) is 2. The Bertz CT molecular complexity index is 1090. The second-order valence-electron chi connectivity index (χ2n) is 8.29. The quantitative estimate of drug-likeness (QED) is 0.425. The number of rotatable bonds is 9. The van der Waals surface area contributed by atoms with E-state index in [4.69, 9.17) is 23.2 Å². The minimum Gasteiger partial charge on any atom is -0.352 e. The molecule has 4 nitrogen and oxygen atoms in total. The van der Waals surface area contributed by atoms with Crippen LogP contribution in [0.1, 0.15) is 30.5 Å². The minimum absolute atomic E-state index is 0.0533. The van der Waals surface area contributed by atoms with E-state index in [1.165, 1.54) is 0 Å². The van der Waals surface area contributed by atoms with Crippen molar-refractivity contribution in [2.45, 2.75) is 45.3 Å². The van der Waals surface area contributed by atoms with Crippen LogP contribution in [0.2, 0.25) is 10.0 Å². The first kappa shape index (κ1) is 24.8. The van der Waals surface area contributed by atoms with Crippen LogP contribution in [0.25, 0.3) is 0 Å². The van der Waals surface area contributed by atoms with Crippen molar-refractivity contribution in [3.05, 3.63) is 106 Å². The highest BCUT2D eigenvalue weighted by Gasteiger charge is 2.31. The van der Waals surface area contributed by atoms with Gasteiger partial charge in [0.25, 0.3) is 0 Å². The molecule has 2 amide bonds. The zero-order valence-corrected chi connectivity index (χ0v) is 20.3. The zero-order chi connectivity index (χ0) is 23.8. The van der Waals surface area contributed by atoms with Crippen LogP contribution >= 0.6 is 23.2 Å². The molecule has 33 heavy (non-hydrogen) atoms. The second-order valence-corrected chi connectivity index (χ2v) is 9.13. The van der Waals surface area contributed by atoms with E-state index in [2.05, 4.69) is 5.32 Å². The maximum atomic E-state index is 13.6. The second kappa shape index (κ2) is 11.9. The first-order valence-electron chi connectivity index (χ1n) is 10.9. The fourth-order valence-corrected chi connectivity index (χ4v) is 4.09. The fourth-order valence-electron chi connectivity index (χ4n) is 3.67. The minimum atomic E-state index is -0.691. The Balaban J connectivity index is 1.98. The average Bonchev–Trinajstić information content (AvgIpc) is 2.78. The van der Waals surface area contributed by atoms with Crippen molar-refractivity contribution in [3.63, 3.8) is 0 Å². The van der Waals surface area contributed by atoms with Crippen LogP contribution in [0.4, 0.5) is 0 Å². The van der Waals surface area contributed by atoms with E-state index in [-0.39, 0.29) is 30.8 Å². The number of carbonyl (C=O) groups is 2. The van der Waals surface area contributed by atoms with Gasteiger partial charge in [0.05, 0.1) is 6.42 Å². The summed E-state index contributed by atoms with van der Waals surface area (Å²) in [5.41, 5.74) is 2.55. The van der Waals surface area contributed by atoms with Crippen LogP contribution in [-0.4, -0.2) is 28.8 Å². The van der Waals surface area contributed by atoms with Crippen LogP contribution in [0.5, 0.6) is 0 Å².